The molecule has 0 saturated heterocycles. The maximum Gasteiger partial charge on any atom is -1.00 e. The van der Waals surface area contributed by atoms with Crippen LogP contribution in [0.15, 0.2) is 106 Å². The first-order valence-electron chi connectivity index (χ1n) is 18.3. The quantitative estimate of drug-likeness (QED) is 0.169. The largest absolute Gasteiger partial charge is 1.00 e. The van der Waals surface area contributed by atoms with Crippen LogP contribution in [0.3, 0.4) is 0 Å². The normalized spacial score (nSPS) is 14.4. The van der Waals surface area contributed by atoms with Crippen LogP contribution in [0.1, 0.15) is 53.6 Å². The number of fused-ring (bicyclic) bond motifs is 3. The summed E-state index contributed by atoms with van der Waals surface area (Å²) in [7, 11) is -2.75. The third kappa shape index (κ3) is 9.01. The van der Waals surface area contributed by atoms with Gasteiger partial charge in [0.2, 0.25) is 0 Å². The fraction of sp³-hybridized carbons (Fsp3) is 0.356. The van der Waals surface area contributed by atoms with Crippen LogP contribution in [0, 0.1) is 12.8 Å². The molecule has 2 atom stereocenters. The minimum absolute atomic E-state index is 0. The monoisotopic (exact) mass is 812 g/mol. The van der Waals surface area contributed by atoms with Gasteiger partial charge in [-0.05, 0) is 0 Å². The zero-order valence-electron chi connectivity index (χ0n) is 31.8. The Morgan fingerprint density at radius 3 is 1.88 bits per heavy atom. The molecule has 0 nitrogen and oxygen atoms in total. The Bertz CT molecular complexity index is 1850. The van der Waals surface area contributed by atoms with E-state index in [4.69, 9.17) is 0 Å². The molecule has 0 fully saturated rings. The van der Waals surface area contributed by atoms with Crippen molar-refractivity contribution >= 4 is 27.8 Å². The molecule has 0 radical (unpaired) electrons. The molecule has 4 aromatic rings. The first-order valence-corrected chi connectivity index (χ1v) is 29.0. The van der Waals surface area contributed by atoms with E-state index < -0.39 is 37.4 Å². The predicted molar refractivity (Wildman–Crippen MR) is 215 cm³/mol. The van der Waals surface area contributed by atoms with Gasteiger partial charge in [0, 0.05) is 0 Å². The van der Waals surface area contributed by atoms with Gasteiger partial charge in [0.05, 0.1) is 0 Å². The molecule has 0 bridgehead atoms. The van der Waals surface area contributed by atoms with Gasteiger partial charge in [-0.25, -0.2) is 0 Å². The summed E-state index contributed by atoms with van der Waals surface area (Å²) in [5.41, 5.74) is 13.2. The Hall–Kier alpha value is -1.87. The van der Waals surface area contributed by atoms with Crippen LogP contribution in [0.2, 0.25) is 44.8 Å². The Labute approximate surface area is 325 Å². The van der Waals surface area contributed by atoms with E-state index in [0.29, 0.717) is 5.92 Å². The second-order valence-electron chi connectivity index (χ2n) is 16.8. The molecule has 0 spiro atoms. The van der Waals surface area contributed by atoms with Gasteiger partial charge < -0.3 is 24.8 Å². The molecule has 4 aromatic carbocycles. The Kier molecular flexibility index (Phi) is 13.8. The van der Waals surface area contributed by atoms with E-state index in [1.807, 2.05) is 6.48 Å². The molecular weight excluding hydrogens is 759 g/mol. The van der Waals surface area contributed by atoms with Crippen LogP contribution < -0.4 is 33.3 Å². The molecule has 50 heavy (non-hydrogen) atoms. The number of rotatable bonds is 11. The van der Waals surface area contributed by atoms with Crippen molar-refractivity contribution in [3.63, 3.8) is 0 Å². The Balaban J connectivity index is 0.00000281. The fourth-order valence-corrected chi connectivity index (χ4v) is 20.6. The van der Waals surface area contributed by atoms with Gasteiger partial charge in [0.25, 0.3) is 0 Å². The maximum atomic E-state index is 2.63. The van der Waals surface area contributed by atoms with Crippen molar-refractivity contribution in [2.45, 2.75) is 97.7 Å². The number of aryl methyl sites for hydroxylation is 1. The van der Waals surface area contributed by atoms with Gasteiger partial charge in [-0.15, -0.1) is 0 Å². The minimum Gasteiger partial charge on any atom is -1.00 e. The smallest absolute Gasteiger partial charge is 1.00 e. The van der Waals surface area contributed by atoms with Crippen molar-refractivity contribution in [3.8, 4) is 11.1 Å². The van der Waals surface area contributed by atoms with E-state index in [2.05, 4.69) is 163 Å². The second kappa shape index (κ2) is 16.9. The van der Waals surface area contributed by atoms with Crippen molar-refractivity contribution < 1.29 is 46.1 Å². The Morgan fingerprint density at radius 1 is 0.760 bits per heavy atom. The summed E-state index contributed by atoms with van der Waals surface area (Å²) in [6, 6.07) is 33.0. The number of halogens is 2. The van der Waals surface area contributed by atoms with Gasteiger partial charge in [-0.3, -0.25) is 0 Å². The zero-order valence-corrected chi connectivity index (χ0v) is 37.7. The van der Waals surface area contributed by atoms with Crippen molar-refractivity contribution in [2.24, 2.45) is 5.92 Å². The third-order valence-electron chi connectivity index (χ3n) is 11.3. The molecule has 0 aromatic heterocycles. The van der Waals surface area contributed by atoms with Gasteiger partial charge in [0.15, 0.2) is 0 Å². The average molecular weight is 815 g/mol. The average Bonchev–Trinajstić information content (AvgIpc) is 3.69. The van der Waals surface area contributed by atoms with Gasteiger partial charge in [0.1, 0.15) is 0 Å². The molecule has 6 rings (SSSR count). The van der Waals surface area contributed by atoms with E-state index in [0.717, 1.165) is 31.2 Å². The van der Waals surface area contributed by atoms with E-state index in [1.165, 1.54) is 34.2 Å². The molecule has 262 valence electrons. The summed E-state index contributed by atoms with van der Waals surface area (Å²) in [4.78, 5) is 0. The number of benzene rings is 4. The van der Waals surface area contributed by atoms with E-state index in [9.17, 15) is 0 Å². The molecule has 0 heterocycles. The van der Waals surface area contributed by atoms with Crippen LogP contribution in [0.5, 0.6) is 0 Å². The van der Waals surface area contributed by atoms with Gasteiger partial charge in [-0.1, -0.05) is 0 Å². The summed E-state index contributed by atoms with van der Waals surface area (Å²) >= 11 is -2.62. The van der Waals surface area contributed by atoms with Crippen LogP contribution in [-0.4, -0.2) is 19.4 Å². The van der Waals surface area contributed by atoms with Crippen molar-refractivity contribution in [3.05, 3.63) is 140 Å². The summed E-state index contributed by atoms with van der Waals surface area (Å²) < 4.78 is 5.40. The molecule has 0 N–H and O–H groups in total. The third-order valence-corrected chi connectivity index (χ3v) is 24.6. The fourth-order valence-electron chi connectivity index (χ4n) is 8.28. The molecular formula is C45H56Cl2Si2Zr. The van der Waals surface area contributed by atoms with Crippen molar-refractivity contribution in [1.29, 1.82) is 0 Å². The van der Waals surface area contributed by atoms with Crippen molar-refractivity contribution in [1.82, 2.24) is 0 Å². The summed E-state index contributed by atoms with van der Waals surface area (Å²) in [6.45, 7) is 22.7. The second-order valence-corrected chi connectivity index (χ2v) is 33.9. The van der Waals surface area contributed by atoms with Crippen LogP contribution >= 0.6 is 0 Å². The van der Waals surface area contributed by atoms with E-state index in [1.54, 1.807) is 25.2 Å². The molecule has 0 amide bonds. The molecule has 2 aliphatic carbocycles. The van der Waals surface area contributed by atoms with E-state index in [-0.39, 0.29) is 24.8 Å². The van der Waals surface area contributed by atoms with Crippen LogP contribution in [0.4, 0.5) is 0 Å². The Morgan fingerprint density at radius 2 is 1.36 bits per heavy atom. The molecule has 0 aliphatic heterocycles. The van der Waals surface area contributed by atoms with Crippen LogP contribution in [-0.2, 0) is 47.0 Å². The minimum atomic E-state index is -2.62. The first kappa shape index (κ1) is 40.9. The number of allylic oxidation sites excluding steroid dienone is 4. The number of hydrogen-bond donors (Lipinski definition) is 0. The van der Waals surface area contributed by atoms with Crippen LogP contribution in [0.25, 0.3) is 11.1 Å². The number of hydrogen-bond acceptors (Lipinski definition) is 0. The SMILES string of the molecule is Cc1cc2c(cc1[Si](C)(C)C)-c1ccc(CC(C)C(C)[Si](C)(C)C)[c]([Zr+2]([C]3=CC=CC3)=[C](Cc3ccccc3)Cc3ccccc3)c1C2.[Cl-].[Cl-]. The molecule has 5 heteroatoms. The van der Waals surface area contributed by atoms with Gasteiger partial charge in [-0.2, -0.15) is 0 Å². The van der Waals surface area contributed by atoms with E-state index >= 15 is 0 Å². The maximum absolute atomic E-state index is 2.63. The summed E-state index contributed by atoms with van der Waals surface area (Å²) in [6.07, 6.45) is 12.9. The summed E-state index contributed by atoms with van der Waals surface area (Å²) in [5.74, 6) is 0.671. The zero-order chi connectivity index (χ0) is 34.2. The topological polar surface area (TPSA) is 0 Å². The van der Waals surface area contributed by atoms with Crippen molar-refractivity contribution in [2.75, 3.05) is 0 Å². The molecule has 0 saturated carbocycles. The standard InChI is InChI=1S/C25H37Si2.C15H14.C5H5.2ClH.Zr/c1-17(19(3)26(4,5)6)12-20-10-11-23-22(14-20)15-21-13-18(2)25(16-24(21)23)27(7,8)9;1-3-8-14(9-4-1)12-7-13-15-10-5-2-6-11-15;1-2-4-5-3-1;;;/h10-11,13,16-17,19H,12,15H2,1-9H3;1-6,8-11H,12-13H2;1-3H,4H2;2*1H;/q;;;;;+2/p-2. The van der Waals surface area contributed by atoms with Gasteiger partial charge >= 0.3 is 304 Å². The molecule has 2 aliphatic rings. The summed E-state index contributed by atoms with van der Waals surface area (Å²) in [5, 5.41) is 1.62. The molecule has 2 unspecified atom stereocenters. The predicted octanol–water partition coefficient (Wildman–Crippen LogP) is 4.77. The first-order chi connectivity index (χ1) is 22.8.